The average Bonchev–Trinajstić information content (AvgIpc) is 3.14. The summed E-state index contributed by atoms with van der Waals surface area (Å²) in [7, 11) is 0. The molecule has 0 radical (unpaired) electrons. The number of aromatic amines is 1. The lowest BCUT2D eigenvalue weighted by Gasteiger charge is -2.07. The Bertz CT molecular complexity index is 1460. The van der Waals surface area contributed by atoms with Gasteiger partial charge in [-0.1, -0.05) is 84.9 Å². The van der Waals surface area contributed by atoms with Crippen LogP contribution in [0, 0.1) is 0 Å². The molecule has 0 amide bonds. The third kappa shape index (κ3) is 2.06. The largest absolute Gasteiger partial charge is 0.354 e. The van der Waals surface area contributed by atoms with Gasteiger partial charge < -0.3 is 4.98 Å². The fraction of sp³-hybridized carbons (Fsp3) is 0. The van der Waals surface area contributed by atoms with Crippen molar-refractivity contribution in [3.8, 4) is 11.1 Å². The zero-order valence-corrected chi connectivity index (χ0v) is 14.7. The molecule has 0 saturated carbocycles. The number of hydrogen-bond acceptors (Lipinski definition) is 0. The molecule has 1 N–H and O–H groups in total. The summed E-state index contributed by atoms with van der Waals surface area (Å²) in [5.41, 5.74) is 4.91. The van der Waals surface area contributed by atoms with Crippen molar-refractivity contribution >= 4 is 43.4 Å². The van der Waals surface area contributed by atoms with Gasteiger partial charge in [0.25, 0.3) is 0 Å². The molecule has 27 heavy (non-hydrogen) atoms. The van der Waals surface area contributed by atoms with Crippen LogP contribution in [0.2, 0.25) is 0 Å². The highest BCUT2D eigenvalue weighted by Crippen LogP contribution is 2.39. The Kier molecular flexibility index (Phi) is 2.95. The predicted octanol–water partition coefficient (Wildman–Crippen LogP) is 7.29. The van der Waals surface area contributed by atoms with Gasteiger partial charge in [0, 0.05) is 21.7 Å². The summed E-state index contributed by atoms with van der Waals surface area (Å²) in [6.45, 7) is 0. The molecule has 1 nitrogen and oxygen atoms in total. The Morgan fingerprint density at radius 1 is 0.444 bits per heavy atom. The van der Waals surface area contributed by atoms with Gasteiger partial charge in [0.1, 0.15) is 0 Å². The van der Waals surface area contributed by atoms with Crippen LogP contribution in [-0.4, -0.2) is 4.98 Å². The van der Waals surface area contributed by atoms with E-state index >= 15 is 0 Å². The van der Waals surface area contributed by atoms with E-state index in [0.29, 0.717) is 0 Å². The maximum atomic E-state index is 3.69. The second-order valence-corrected chi connectivity index (χ2v) is 7.09. The normalized spacial score (nSPS) is 11.7. The molecule has 126 valence electrons. The molecule has 0 aliphatic rings. The van der Waals surface area contributed by atoms with E-state index in [9.17, 15) is 0 Å². The zero-order chi connectivity index (χ0) is 17.8. The summed E-state index contributed by atoms with van der Waals surface area (Å²) in [6.07, 6.45) is 0. The molecule has 0 aliphatic heterocycles. The van der Waals surface area contributed by atoms with E-state index < -0.39 is 0 Å². The first-order valence-electron chi connectivity index (χ1n) is 9.30. The summed E-state index contributed by atoms with van der Waals surface area (Å²) in [5, 5.41) is 7.80. The predicted molar refractivity (Wildman–Crippen MR) is 116 cm³/mol. The van der Waals surface area contributed by atoms with Crippen molar-refractivity contribution in [3.63, 3.8) is 0 Å². The number of fused-ring (bicyclic) bond motifs is 8. The quantitative estimate of drug-likeness (QED) is 0.302. The molecule has 1 heterocycles. The number of hydrogen-bond donors (Lipinski definition) is 1. The van der Waals surface area contributed by atoms with Crippen LogP contribution in [0.1, 0.15) is 0 Å². The Morgan fingerprint density at radius 2 is 1.07 bits per heavy atom. The molecule has 0 spiro atoms. The van der Waals surface area contributed by atoms with Gasteiger partial charge in [-0.2, -0.15) is 0 Å². The summed E-state index contributed by atoms with van der Waals surface area (Å²) >= 11 is 0. The number of nitrogens with one attached hydrogen (secondary N) is 1. The van der Waals surface area contributed by atoms with Gasteiger partial charge >= 0.3 is 0 Å². The first-order valence-corrected chi connectivity index (χ1v) is 9.30. The van der Waals surface area contributed by atoms with E-state index in [-0.39, 0.29) is 0 Å². The van der Waals surface area contributed by atoms with Crippen molar-refractivity contribution in [2.45, 2.75) is 0 Å². The van der Waals surface area contributed by atoms with Crippen LogP contribution in [0.4, 0.5) is 0 Å². The van der Waals surface area contributed by atoms with Crippen LogP contribution < -0.4 is 0 Å². The van der Waals surface area contributed by atoms with Crippen molar-refractivity contribution in [3.05, 3.63) is 97.1 Å². The standard InChI is InChI=1S/C26H17N/c1-2-8-17(9-3-1)18-14-15-24-23(16-18)25-21-12-6-4-10-19(21)20-11-5-7-13-22(20)26(25)27-24/h1-16,27H. The molecule has 6 rings (SSSR count). The number of H-pyrrole nitrogens is 1. The van der Waals surface area contributed by atoms with Crippen LogP contribution in [-0.2, 0) is 0 Å². The molecule has 5 aromatic carbocycles. The van der Waals surface area contributed by atoms with Crippen molar-refractivity contribution in [2.75, 3.05) is 0 Å². The van der Waals surface area contributed by atoms with E-state index in [1.807, 2.05) is 0 Å². The van der Waals surface area contributed by atoms with E-state index in [4.69, 9.17) is 0 Å². The molecule has 0 saturated heterocycles. The van der Waals surface area contributed by atoms with Crippen LogP contribution in [0.15, 0.2) is 97.1 Å². The molecule has 0 aliphatic carbocycles. The minimum atomic E-state index is 1.19. The van der Waals surface area contributed by atoms with Crippen LogP contribution >= 0.6 is 0 Å². The summed E-state index contributed by atoms with van der Waals surface area (Å²) in [6, 6.07) is 34.8. The number of rotatable bonds is 1. The van der Waals surface area contributed by atoms with Crippen molar-refractivity contribution in [1.82, 2.24) is 4.98 Å². The van der Waals surface area contributed by atoms with Crippen LogP contribution in [0.25, 0.3) is 54.5 Å². The van der Waals surface area contributed by atoms with Gasteiger partial charge in [0.05, 0.1) is 5.52 Å². The average molecular weight is 343 g/mol. The second-order valence-electron chi connectivity index (χ2n) is 7.09. The lowest BCUT2D eigenvalue weighted by molar-refractivity contribution is 1.56. The minimum absolute atomic E-state index is 1.19. The molecule has 6 aromatic rings. The summed E-state index contributed by atoms with van der Waals surface area (Å²) in [5.74, 6) is 0. The smallest absolute Gasteiger partial charge is 0.0551 e. The first-order chi connectivity index (χ1) is 13.4. The molecule has 1 aromatic heterocycles. The third-order valence-corrected chi connectivity index (χ3v) is 5.59. The highest BCUT2D eigenvalue weighted by Gasteiger charge is 2.13. The van der Waals surface area contributed by atoms with Gasteiger partial charge in [-0.15, -0.1) is 0 Å². The first kappa shape index (κ1) is 14.6. The van der Waals surface area contributed by atoms with Gasteiger partial charge in [-0.3, -0.25) is 0 Å². The molecule has 0 fully saturated rings. The Labute approximate surface area is 156 Å². The van der Waals surface area contributed by atoms with Crippen LogP contribution in [0.5, 0.6) is 0 Å². The lowest BCUT2D eigenvalue weighted by Crippen LogP contribution is -1.81. The molecular formula is C26H17N. The van der Waals surface area contributed by atoms with E-state index in [2.05, 4.69) is 102 Å². The lowest BCUT2D eigenvalue weighted by atomic mass is 9.96. The van der Waals surface area contributed by atoms with Gasteiger partial charge in [0.15, 0.2) is 0 Å². The SMILES string of the molecule is c1ccc(-c2ccc3[nH]c4c5ccccc5c5ccccc5c4c3c2)cc1. The van der Waals surface area contributed by atoms with E-state index in [1.165, 1.54) is 54.5 Å². The van der Waals surface area contributed by atoms with Gasteiger partial charge in [-0.05, 0) is 39.4 Å². The maximum Gasteiger partial charge on any atom is 0.0551 e. The fourth-order valence-electron chi connectivity index (χ4n) is 4.36. The molecular weight excluding hydrogens is 326 g/mol. The Morgan fingerprint density at radius 3 is 1.85 bits per heavy atom. The van der Waals surface area contributed by atoms with E-state index in [0.717, 1.165) is 0 Å². The number of aromatic nitrogens is 1. The highest BCUT2D eigenvalue weighted by atomic mass is 14.7. The molecule has 0 unspecified atom stereocenters. The monoisotopic (exact) mass is 343 g/mol. The molecule has 1 heteroatoms. The second kappa shape index (κ2) is 5.46. The van der Waals surface area contributed by atoms with Gasteiger partial charge in [0.2, 0.25) is 0 Å². The van der Waals surface area contributed by atoms with Crippen molar-refractivity contribution in [1.29, 1.82) is 0 Å². The highest BCUT2D eigenvalue weighted by molar-refractivity contribution is 6.31. The third-order valence-electron chi connectivity index (χ3n) is 5.59. The van der Waals surface area contributed by atoms with Crippen molar-refractivity contribution in [2.24, 2.45) is 0 Å². The van der Waals surface area contributed by atoms with Gasteiger partial charge in [-0.25, -0.2) is 0 Å². The molecule has 0 atom stereocenters. The summed E-state index contributed by atoms with van der Waals surface area (Å²) in [4.78, 5) is 3.69. The Hall–Kier alpha value is -3.58. The Balaban J connectivity index is 1.83. The zero-order valence-electron chi connectivity index (χ0n) is 14.7. The van der Waals surface area contributed by atoms with E-state index in [1.54, 1.807) is 0 Å². The minimum Gasteiger partial charge on any atom is -0.354 e. The fourth-order valence-corrected chi connectivity index (χ4v) is 4.36. The summed E-state index contributed by atoms with van der Waals surface area (Å²) < 4.78 is 0. The number of benzene rings is 5. The van der Waals surface area contributed by atoms with Crippen LogP contribution in [0.3, 0.4) is 0 Å². The van der Waals surface area contributed by atoms with Crippen molar-refractivity contribution < 1.29 is 0 Å². The molecule has 0 bridgehead atoms. The topological polar surface area (TPSA) is 15.8 Å². The maximum absolute atomic E-state index is 3.69.